The van der Waals surface area contributed by atoms with Crippen molar-refractivity contribution in [1.82, 2.24) is 0 Å². The summed E-state index contributed by atoms with van der Waals surface area (Å²) >= 11 is 0. The van der Waals surface area contributed by atoms with Gasteiger partial charge in [-0.2, -0.15) is 0 Å². The van der Waals surface area contributed by atoms with E-state index in [9.17, 15) is 22.8 Å². The summed E-state index contributed by atoms with van der Waals surface area (Å²) in [4.78, 5) is 25.8. The average Bonchev–Trinajstić information content (AvgIpc) is 2.68. The third kappa shape index (κ3) is 4.99. The van der Waals surface area contributed by atoms with Crippen molar-refractivity contribution in [2.75, 3.05) is 29.9 Å². The van der Waals surface area contributed by atoms with Crippen LogP contribution in [0.5, 0.6) is 0 Å². The standard InChI is InChI=1S/C19H19F3N2O3/c1-3-24(4-2)13-7-5-12(6-8-13)19(26)27-11-16(25)23-15-10-9-14(20)17(21)18(15)22/h5-10H,3-4,11H2,1-2H3,(H,23,25). The van der Waals surface area contributed by atoms with Crippen molar-refractivity contribution in [2.45, 2.75) is 13.8 Å². The number of ether oxygens (including phenoxy) is 1. The fourth-order valence-corrected chi connectivity index (χ4v) is 2.42. The molecule has 0 aromatic heterocycles. The van der Waals surface area contributed by atoms with Crippen molar-refractivity contribution in [3.63, 3.8) is 0 Å². The molecule has 0 aliphatic heterocycles. The number of nitrogens with one attached hydrogen (secondary N) is 1. The van der Waals surface area contributed by atoms with Gasteiger partial charge >= 0.3 is 5.97 Å². The highest BCUT2D eigenvalue weighted by Crippen LogP contribution is 2.19. The van der Waals surface area contributed by atoms with Gasteiger partial charge in [-0.15, -0.1) is 0 Å². The van der Waals surface area contributed by atoms with Crippen LogP contribution in [-0.4, -0.2) is 31.6 Å². The van der Waals surface area contributed by atoms with Gasteiger partial charge < -0.3 is 15.0 Å². The Kier molecular flexibility index (Phi) is 6.81. The number of halogens is 3. The third-order valence-electron chi connectivity index (χ3n) is 3.88. The molecule has 0 atom stereocenters. The second-order valence-electron chi connectivity index (χ2n) is 5.57. The zero-order chi connectivity index (χ0) is 20.0. The molecule has 0 unspecified atom stereocenters. The molecule has 0 aliphatic carbocycles. The highest BCUT2D eigenvalue weighted by Gasteiger charge is 2.16. The molecule has 1 N–H and O–H groups in total. The topological polar surface area (TPSA) is 58.6 Å². The van der Waals surface area contributed by atoms with Crippen molar-refractivity contribution >= 4 is 23.3 Å². The fraction of sp³-hybridized carbons (Fsp3) is 0.263. The molecule has 0 aliphatic rings. The van der Waals surface area contributed by atoms with Gasteiger partial charge in [-0.3, -0.25) is 4.79 Å². The molecular weight excluding hydrogens is 361 g/mol. The highest BCUT2D eigenvalue weighted by molar-refractivity contribution is 5.95. The van der Waals surface area contributed by atoms with Gasteiger partial charge in [0.25, 0.3) is 5.91 Å². The van der Waals surface area contributed by atoms with Gasteiger partial charge in [-0.1, -0.05) is 0 Å². The summed E-state index contributed by atoms with van der Waals surface area (Å²) in [5, 5.41) is 2.02. The van der Waals surface area contributed by atoms with E-state index in [1.54, 1.807) is 24.3 Å². The highest BCUT2D eigenvalue weighted by atomic mass is 19.2. The number of amides is 1. The molecule has 1 amide bonds. The van der Waals surface area contributed by atoms with Gasteiger partial charge in [0.1, 0.15) is 0 Å². The van der Waals surface area contributed by atoms with E-state index in [0.29, 0.717) is 6.07 Å². The summed E-state index contributed by atoms with van der Waals surface area (Å²) in [6.45, 7) is 4.97. The number of nitrogens with zero attached hydrogens (tertiary/aromatic N) is 1. The second-order valence-corrected chi connectivity index (χ2v) is 5.57. The second kappa shape index (κ2) is 9.07. The number of carbonyl (C=O) groups excluding carboxylic acids is 2. The smallest absolute Gasteiger partial charge is 0.338 e. The normalized spacial score (nSPS) is 10.4. The van der Waals surface area contributed by atoms with Crippen LogP contribution in [0.1, 0.15) is 24.2 Å². The van der Waals surface area contributed by atoms with Crippen LogP contribution >= 0.6 is 0 Å². The van der Waals surface area contributed by atoms with Crippen molar-refractivity contribution in [1.29, 1.82) is 0 Å². The van der Waals surface area contributed by atoms with Gasteiger partial charge in [-0.05, 0) is 50.2 Å². The predicted octanol–water partition coefficient (Wildman–Crippen LogP) is 3.75. The van der Waals surface area contributed by atoms with Gasteiger partial charge in [0.05, 0.1) is 11.3 Å². The van der Waals surface area contributed by atoms with Crippen molar-refractivity contribution in [3.8, 4) is 0 Å². The molecule has 27 heavy (non-hydrogen) atoms. The average molecular weight is 380 g/mol. The Bertz CT molecular complexity index is 822. The molecule has 0 radical (unpaired) electrons. The largest absolute Gasteiger partial charge is 0.452 e. The number of rotatable bonds is 7. The molecule has 144 valence electrons. The maximum Gasteiger partial charge on any atom is 0.338 e. The molecule has 0 saturated carbocycles. The summed E-state index contributed by atoms with van der Waals surface area (Å²) < 4.78 is 44.4. The lowest BCUT2D eigenvalue weighted by Gasteiger charge is -2.20. The Morgan fingerprint density at radius 1 is 0.963 bits per heavy atom. The summed E-state index contributed by atoms with van der Waals surface area (Å²) in [7, 11) is 0. The van der Waals surface area contributed by atoms with Crippen molar-refractivity contribution in [2.24, 2.45) is 0 Å². The van der Waals surface area contributed by atoms with Crippen LogP contribution in [0.15, 0.2) is 36.4 Å². The van der Waals surface area contributed by atoms with Gasteiger partial charge in [0, 0.05) is 18.8 Å². The fourth-order valence-electron chi connectivity index (χ4n) is 2.42. The number of anilines is 2. The van der Waals surface area contributed by atoms with Crippen molar-refractivity contribution in [3.05, 3.63) is 59.4 Å². The third-order valence-corrected chi connectivity index (χ3v) is 3.88. The number of esters is 1. The first-order valence-electron chi connectivity index (χ1n) is 8.32. The van der Waals surface area contributed by atoms with E-state index < -0.39 is 41.6 Å². The molecule has 0 heterocycles. The number of benzene rings is 2. The molecule has 0 fully saturated rings. The van der Waals surface area contributed by atoms with E-state index >= 15 is 0 Å². The van der Waals surface area contributed by atoms with E-state index in [0.717, 1.165) is 24.8 Å². The Labute approximate surface area is 154 Å². The van der Waals surface area contributed by atoms with E-state index in [1.807, 2.05) is 19.2 Å². The Balaban J connectivity index is 1.93. The van der Waals surface area contributed by atoms with Crippen LogP contribution in [-0.2, 0) is 9.53 Å². The first-order valence-corrected chi connectivity index (χ1v) is 8.32. The van der Waals surface area contributed by atoms with E-state index in [2.05, 4.69) is 4.90 Å². The van der Waals surface area contributed by atoms with E-state index in [-0.39, 0.29) is 5.56 Å². The number of hydrogen-bond acceptors (Lipinski definition) is 4. The molecule has 0 spiro atoms. The first-order chi connectivity index (χ1) is 12.9. The van der Waals surface area contributed by atoms with E-state index in [4.69, 9.17) is 4.74 Å². The van der Waals surface area contributed by atoms with Crippen molar-refractivity contribution < 1.29 is 27.5 Å². The Hall–Kier alpha value is -3.03. The molecule has 0 saturated heterocycles. The Morgan fingerprint density at radius 3 is 2.19 bits per heavy atom. The summed E-state index contributed by atoms with van der Waals surface area (Å²) in [6, 6.07) is 8.23. The van der Waals surface area contributed by atoms with Crippen LogP contribution in [0.2, 0.25) is 0 Å². The number of hydrogen-bond donors (Lipinski definition) is 1. The quantitative estimate of drug-likeness (QED) is 0.587. The SMILES string of the molecule is CCN(CC)c1ccc(C(=O)OCC(=O)Nc2ccc(F)c(F)c2F)cc1. The summed E-state index contributed by atoms with van der Waals surface area (Å²) in [5.74, 6) is -6.21. The minimum atomic E-state index is -1.70. The Morgan fingerprint density at radius 2 is 1.59 bits per heavy atom. The molecule has 2 aromatic carbocycles. The predicted molar refractivity (Wildman–Crippen MR) is 95.2 cm³/mol. The zero-order valence-electron chi connectivity index (χ0n) is 14.9. The maximum atomic E-state index is 13.5. The van der Waals surface area contributed by atoms with Crippen LogP contribution in [0.4, 0.5) is 24.5 Å². The lowest BCUT2D eigenvalue weighted by molar-refractivity contribution is -0.119. The molecule has 5 nitrogen and oxygen atoms in total. The van der Waals surface area contributed by atoms with Gasteiger partial charge in [0.15, 0.2) is 24.1 Å². The molecule has 0 bridgehead atoms. The number of carbonyl (C=O) groups is 2. The van der Waals surface area contributed by atoms with Crippen LogP contribution < -0.4 is 10.2 Å². The van der Waals surface area contributed by atoms with Gasteiger partial charge in [0.2, 0.25) is 0 Å². The lowest BCUT2D eigenvalue weighted by Crippen LogP contribution is -2.22. The first kappa shape index (κ1) is 20.3. The minimum absolute atomic E-state index is 0.248. The molecule has 2 aromatic rings. The monoisotopic (exact) mass is 380 g/mol. The summed E-state index contributed by atoms with van der Waals surface area (Å²) in [6.07, 6.45) is 0. The van der Waals surface area contributed by atoms with Crippen LogP contribution in [0, 0.1) is 17.5 Å². The van der Waals surface area contributed by atoms with Crippen LogP contribution in [0.3, 0.4) is 0 Å². The molecule has 2 rings (SSSR count). The summed E-state index contributed by atoms with van der Waals surface area (Å²) in [5.41, 5.74) is 0.652. The maximum absolute atomic E-state index is 13.5. The van der Waals surface area contributed by atoms with E-state index in [1.165, 1.54) is 0 Å². The molecule has 8 heteroatoms. The van der Waals surface area contributed by atoms with Gasteiger partial charge in [-0.25, -0.2) is 18.0 Å². The van der Waals surface area contributed by atoms with Crippen LogP contribution in [0.25, 0.3) is 0 Å². The minimum Gasteiger partial charge on any atom is -0.452 e. The molecular formula is C19H19F3N2O3. The lowest BCUT2D eigenvalue weighted by atomic mass is 10.2. The zero-order valence-corrected chi connectivity index (χ0v) is 14.9.